The summed E-state index contributed by atoms with van der Waals surface area (Å²) in [4.78, 5) is 3.70. The molecular weight excluding hydrogens is 250 g/mol. The summed E-state index contributed by atoms with van der Waals surface area (Å²) in [6.45, 7) is 0. The zero-order valence-corrected chi connectivity index (χ0v) is 9.92. The Labute approximate surface area is 98.1 Å². The summed E-state index contributed by atoms with van der Waals surface area (Å²) >= 11 is 5.49. The van der Waals surface area contributed by atoms with Crippen LogP contribution in [0.2, 0.25) is 0 Å². The third-order valence-corrected chi connectivity index (χ3v) is 4.35. The first kappa shape index (κ1) is 11.2. The molecule has 4 nitrogen and oxygen atoms in total. The van der Waals surface area contributed by atoms with Gasteiger partial charge in [-0.3, -0.25) is 0 Å². The molecule has 0 unspecified atom stereocenters. The van der Waals surface area contributed by atoms with Gasteiger partial charge in [0.2, 0.25) is 14.3 Å². The van der Waals surface area contributed by atoms with Crippen LogP contribution >= 0.6 is 11.6 Å². The van der Waals surface area contributed by atoms with E-state index in [2.05, 4.69) is 4.99 Å². The minimum atomic E-state index is -3.60. The second kappa shape index (κ2) is 3.92. The van der Waals surface area contributed by atoms with Crippen LogP contribution in [0.25, 0.3) is 4.91 Å². The normalized spacial score (nSPS) is 17.9. The monoisotopic (exact) mass is 257 g/mol. The highest BCUT2D eigenvalue weighted by molar-refractivity contribution is 8.17. The first-order valence-electron chi connectivity index (χ1n) is 4.38. The predicted molar refractivity (Wildman–Crippen MR) is 63.2 cm³/mol. The quantitative estimate of drug-likeness (QED) is 0.814. The Morgan fingerprint density at radius 2 is 1.88 bits per heavy atom. The molecule has 0 bridgehead atoms. The van der Waals surface area contributed by atoms with E-state index in [1.807, 2.05) is 0 Å². The van der Waals surface area contributed by atoms with Crippen molar-refractivity contribution in [2.24, 2.45) is 4.99 Å². The number of ether oxygens (including phenoxy) is 1. The molecule has 0 spiro atoms. The number of benzene rings is 1. The Kier molecular flexibility index (Phi) is 2.73. The van der Waals surface area contributed by atoms with E-state index in [9.17, 15) is 8.42 Å². The Morgan fingerprint density at radius 3 is 2.31 bits per heavy atom. The molecule has 0 saturated heterocycles. The van der Waals surface area contributed by atoms with Crippen molar-refractivity contribution >= 4 is 30.8 Å². The summed E-state index contributed by atoms with van der Waals surface area (Å²) in [6.07, 6.45) is 1.25. The van der Waals surface area contributed by atoms with Crippen LogP contribution in [0.3, 0.4) is 0 Å². The van der Waals surface area contributed by atoms with Gasteiger partial charge in [-0.05, 0) is 41.4 Å². The van der Waals surface area contributed by atoms with Gasteiger partial charge in [0.25, 0.3) is 0 Å². The number of sulfone groups is 1. The van der Waals surface area contributed by atoms with Gasteiger partial charge in [-0.25, -0.2) is 13.4 Å². The highest BCUT2D eigenvalue weighted by Gasteiger charge is 2.29. The van der Waals surface area contributed by atoms with Crippen molar-refractivity contribution in [1.29, 1.82) is 0 Å². The number of aliphatic imine (C=N–C) groups is 1. The van der Waals surface area contributed by atoms with Crippen molar-refractivity contribution in [3.05, 3.63) is 36.0 Å². The molecule has 0 N–H and O–H groups in total. The third kappa shape index (κ3) is 1.72. The molecule has 6 heteroatoms. The van der Waals surface area contributed by atoms with Gasteiger partial charge in [-0.15, -0.1) is 0 Å². The first-order chi connectivity index (χ1) is 7.55. The highest BCUT2D eigenvalue weighted by Crippen LogP contribution is 2.29. The standard InChI is InChI=1S/C10H8ClNO3S/c1-15-8-4-2-7(3-5-8)9-6-12-10(11)16(9,13)14/h2-6H,1H3. The zero-order chi connectivity index (χ0) is 11.8. The van der Waals surface area contributed by atoms with Gasteiger partial charge in [-0.2, -0.15) is 0 Å². The Morgan fingerprint density at radius 1 is 1.25 bits per heavy atom. The number of hydrogen-bond acceptors (Lipinski definition) is 4. The summed E-state index contributed by atoms with van der Waals surface area (Å²) in [5, 5.41) is 0. The molecule has 1 heterocycles. The van der Waals surface area contributed by atoms with Crippen LogP contribution in [0.1, 0.15) is 5.56 Å². The zero-order valence-electron chi connectivity index (χ0n) is 8.34. The maximum absolute atomic E-state index is 11.7. The van der Waals surface area contributed by atoms with E-state index in [0.717, 1.165) is 0 Å². The minimum Gasteiger partial charge on any atom is -0.497 e. The number of nitrogens with zero attached hydrogens (tertiary/aromatic N) is 1. The van der Waals surface area contributed by atoms with E-state index in [4.69, 9.17) is 16.3 Å². The Balaban J connectivity index is 2.41. The lowest BCUT2D eigenvalue weighted by atomic mass is 10.2. The number of hydrogen-bond donors (Lipinski definition) is 0. The van der Waals surface area contributed by atoms with Gasteiger partial charge in [0, 0.05) is 6.20 Å². The second-order valence-electron chi connectivity index (χ2n) is 3.11. The topological polar surface area (TPSA) is 55.7 Å². The summed E-state index contributed by atoms with van der Waals surface area (Å²) < 4.78 is 28.0. The lowest BCUT2D eigenvalue weighted by molar-refractivity contribution is 0.415. The third-order valence-electron chi connectivity index (χ3n) is 2.17. The van der Waals surface area contributed by atoms with Crippen molar-refractivity contribution in [2.45, 2.75) is 0 Å². The SMILES string of the molecule is COc1ccc(C2=CN=C(Cl)S2(=O)=O)cc1. The number of rotatable bonds is 2. The smallest absolute Gasteiger partial charge is 0.237 e. The maximum atomic E-state index is 11.7. The van der Waals surface area contributed by atoms with Gasteiger partial charge in [-0.1, -0.05) is 0 Å². The predicted octanol–water partition coefficient (Wildman–Crippen LogP) is 2.02. The van der Waals surface area contributed by atoms with Crippen molar-refractivity contribution in [2.75, 3.05) is 7.11 Å². The molecule has 1 aromatic rings. The van der Waals surface area contributed by atoms with Crippen molar-refractivity contribution in [3.63, 3.8) is 0 Å². The summed E-state index contributed by atoms with van der Waals surface area (Å²) in [5.41, 5.74) is 0.542. The Hall–Kier alpha value is -1.33. The second-order valence-corrected chi connectivity index (χ2v) is 5.52. The molecule has 1 aromatic carbocycles. The molecule has 2 rings (SSSR count). The fourth-order valence-electron chi connectivity index (χ4n) is 1.32. The minimum absolute atomic E-state index is 0.111. The lowest BCUT2D eigenvalue weighted by Crippen LogP contribution is -2.06. The molecular formula is C10H8ClNO3S. The van der Waals surface area contributed by atoms with Gasteiger partial charge < -0.3 is 4.74 Å². The summed E-state index contributed by atoms with van der Waals surface area (Å²) in [5.74, 6) is 0.659. The molecule has 0 amide bonds. The van der Waals surface area contributed by atoms with Crippen LogP contribution in [-0.4, -0.2) is 20.0 Å². The van der Waals surface area contributed by atoms with Gasteiger partial charge >= 0.3 is 0 Å². The van der Waals surface area contributed by atoms with Crippen molar-refractivity contribution in [3.8, 4) is 5.75 Å². The molecule has 16 heavy (non-hydrogen) atoms. The molecule has 0 atom stereocenters. The molecule has 0 saturated carbocycles. The van der Waals surface area contributed by atoms with Crippen LogP contribution < -0.4 is 4.74 Å². The van der Waals surface area contributed by atoms with Gasteiger partial charge in [0.05, 0.1) is 12.0 Å². The van der Waals surface area contributed by atoms with E-state index in [1.54, 1.807) is 31.4 Å². The molecule has 0 radical (unpaired) electrons. The molecule has 1 aliphatic heterocycles. The highest BCUT2D eigenvalue weighted by atomic mass is 35.5. The van der Waals surface area contributed by atoms with Crippen LogP contribution in [-0.2, 0) is 9.84 Å². The molecule has 0 aliphatic carbocycles. The molecule has 0 aromatic heterocycles. The van der Waals surface area contributed by atoms with E-state index in [-0.39, 0.29) is 4.91 Å². The maximum Gasteiger partial charge on any atom is 0.237 e. The fourth-order valence-corrected chi connectivity index (χ4v) is 2.63. The fraction of sp³-hybridized carbons (Fsp3) is 0.100. The van der Waals surface area contributed by atoms with Crippen LogP contribution in [0.5, 0.6) is 5.75 Å². The van der Waals surface area contributed by atoms with Crippen molar-refractivity contribution in [1.82, 2.24) is 0 Å². The van der Waals surface area contributed by atoms with Crippen LogP contribution in [0.4, 0.5) is 0 Å². The van der Waals surface area contributed by atoms with Gasteiger partial charge in [0.1, 0.15) is 5.75 Å². The van der Waals surface area contributed by atoms with E-state index in [0.29, 0.717) is 11.3 Å². The first-order valence-corrected chi connectivity index (χ1v) is 6.25. The van der Waals surface area contributed by atoms with E-state index >= 15 is 0 Å². The van der Waals surface area contributed by atoms with Crippen LogP contribution in [0, 0.1) is 0 Å². The number of methoxy groups -OCH3 is 1. The number of halogens is 1. The summed E-state index contributed by atoms with van der Waals surface area (Å²) in [6, 6.07) is 6.65. The average Bonchev–Trinajstić information content (AvgIpc) is 2.54. The van der Waals surface area contributed by atoms with Crippen molar-refractivity contribution < 1.29 is 13.2 Å². The average molecular weight is 258 g/mol. The summed E-state index contributed by atoms with van der Waals surface area (Å²) in [7, 11) is -2.06. The molecule has 1 aliphatic rings. The largest absolute Gasteiger partial charge is 0.497 e. The Bertz CT molecular complexity index is 573. The van der Waals surface area contributed by atoms with Crippen LogP contribution in [0.15, 0.2) is 35.5 Å². The molecule has 0 fully saturated rings. The van der Waals surface area contributed by atoms with Gasteiger partial charge in [0.15, 0.2) is 0 Å². The lowest BCUT2D eigenvalue weighted by Gasteiger charge is -2.03. The van der Waals surface area contributed by atoms with E-state index < -0.39 is 14.3 Å². The molecule has 84 valence electrons. The van der Waals surface area contributed by atoms with E-state index in [1.165, 1.54) is 6.20 Å².